The van der Waals surface area contributed by atoms with Gasteiger partial charge >= 0.3 is 0 Å². The van der Waals surface area contributed by atoms with Crippen molar-refractivity contribution in [3.63, 3.8) is 0 Å². The molecule has 0 bridgehead atoms. The molecule has 7 heteroatoms. The molecule has 0 atom stereocenters. The first kappa shape index (κ1) is 21.7. The Balaban J connectivity index is 3.72. The van der Waals surface area contributed by atoms with Gasteiger partial charge in [0, 0.05) is 34.0 Å². The Labute approximate surface area is 134 Å². The molecule has 2 N–H and O–H groups in total. The first-order valence-electron chi connectivity index (χ1n) is 7.88. The van der Waals surface area contributed by atoms with Gasteiger partial charge in [0.1, 0.15) is 0 Å². The summed E-state index contributed by atoms with van der Waals surface area (Å²) >= 11 is 0. The summed E-state index contributed by atoms with van der Waals surface area (Å²) in [6.07, 6.45) is 2.97. The lowest BCUT2D eigenvalue weighted by Gasteiger charge is -2.17. The highest BCUT2D eigenvalue weighted by atomic mass is 16.6. The fraction of sp³-hybridized carbons (Fsp3) is 1.00. The van der Waals surface area contributed by atoms with Crippen molar-refractivity contribution in [1.29, 1.82) is 0 Å². The zero-order chi connectivity index (χ0) is 16.3. The molecule has 0 radical (unpaired) electrons. The second-order valence-electron chi connectivity index (χ2n) is 4.93. The Bertz CT molecular complexity index is 175. The molecule has 22 heavy (non-hydrogen) atoms. The van der Waals surface area contributed by atoms with E-state index >= 15 is 0 Å². The first-order valence-corrected chi connectivity index (χ1v) is 7.88. The summed E-state index contributed by atoms with van der Waals surface area (Å²) in [7, 11) is 3.35. The highest BCUT2D eigenvalue weighted by molar-refractivity contribution is 4.59. The van der Waals surface area contributed by atoms with Gasteiger partial charge in [-0.15, -0.1) is 0 Å². The molecule has 7 nitrogen and oxygen atoms in total. The van der Waals surface area contributed by atoms with E-state index in [-0.39, 0.29) is 0 Å². The van der Waals surface area contributed by atoms with Crippen molar-refractivity contribution in [3.8, 4) is 0 Å². The van der Waals surface area contributed by atoms with Gasteiger partial charge in [0.2, 0.25) is 0 Å². The fourth-order valence-electron chi connectivity index (χ4n) is 1.88. The van der Waals surface area contributed by atoms with Crippen LogP contribution in [0.1, 0.15) is 19.3 Å². The standard InChI is InChI=1S/C15H33NO6/c1-17-9-11-19-6-3-15(4-7-20-12-10-18-2)5-8-21-13-14-22-16/h15H,3-14,16H2,1-2H3. The van der Waals surface area contributed by atoms with Crippen LogP contribution in [0.5, 0.6) is 0 Å². The molecule has 0 aromatic rings. The van der Waals surface area contributed by atoms with Crippen molar-refractivity contribution in [2.24, 2.45) is 11.8 Å². The van der Waals surface area contributed by atoms with Crippen molar-refractivity contribution in [2.45, 2.75) is 19.3 Å². The summed E-state index contributed by atoms with van der Waals surface area (Å²) in [6, 6.07) is 0. The van der Waals surface area contributed by atoms with Crippen LogP contribution in [-0.4, -0.2) is 73.7 Å². The van der Waals surface area contributed by atoms with Crippen molar-refractivity contribution in [3.05, 3.63) is 0 Å². The first-order chi connectivity index (χ1) is 10.8. The summed E-state index contributed by atoms with van der Waals surface area (Å²) in [5.41, 5.74) is 0. The van der Waals surface area contributed by atoms with Crippen LogP contribution in [0.2, 0.25) is 0 Å². The van der Waals surface area contributed by atoms with Crippen LogP contribution < -0.4 is 5.90 Å². The maximum absolute atomic E-state index is 5.53. The minimum Gasteiger partial charge on any atom is -0.382 e. The molecule has 0 aromatic heterocycles. The van der Waals surface area contributed by atoms with E-state index in [4.69, 9.17) is 29.6 Å². The number of hydrogen-bond acceptors (Lipinski definition) is 7. The third-order valence-electron chi connectivity index (χ3n) is 3.22. The molecule has 0 aliphatic rings. The van der Waals surface area contributed by atoms with E-state index in [9.17, 15) is 0 Å². The van der Waals surface area contributed by atoms with Crippen molar-refractivity contribution in [2.75, 3.05) is 73.7 Å². The van der Waals surface area contributed by atoms with Crippen LogP contribution in [0.25, 0.3) is 0 Å². The minimum atomic E-state index is 0.422. The van der Waals surface area contributed by atoms with Crippen LogP contribution >= 0.6 is 0 Å². The Kier molecular flexibility index (Phi) is 18.5. The van der Waals surface area contributed by atoms with E-state index in [1.165, 1.54) is 0 Å². The van der Waals surface area contributed by atoms with Crippen molar-refractivity contribution < 1.29 is 28.5 Å². The average Bonchev–Trinajstić information content (AvgIpc) is 2.53. The molecule has 0 saturated carbocycles. The maximum atomic E-state index is 5.53. The van der Waals surface area contributed by atoms with E-state index in [0.29, 0.717) is 52.2 Å². The Morgan fingerprint density at radius 1 is 0.591 bits per heavy atom. The SMILES string of the molecule is COCCOCCC(CCOCCOC)CCOCCON. The van der Waals surface area contributed by atoms with Gasteiger partial charge in [-0.2, -0.15) is 0 Å². The quantitative estimate of drug-likeness (QED) is 0.298. The molecule has 0 saturated heterocycles. The van der Waals surface area contributed by atoms with Crippen LogP contribution in [0.15, 0.2) is 0 Å². The van der Waals surface area contributed by atoms with E-state index in [2.05, 4.69) is 4.84 Å². The molecule has 0 aliphatic heterocycles. The van der Waals surface area contributed by atoms with E-state index in [1.807, 2.05) is 0 Å². The number of rotatable bonds is 18. The van der Waals surface area contributed by atoms with Crippen LogP contribution in [0.4, 0.5) is 0 Å². The predicted molar refractivity (Wildman–Crippen MR) is 83.7 cm³/mol. The minimum absolute atomic E-state index is 0.422. The van der Waals surface area contributed by atoms with Gasteiger partial charge in [-0.3, -0.25) is 0 Å². The smallest absolute Gasteiger partial charge is 0.0913 e. The Morgan fingerprint density at radius 2 is 1.00 bits per heavy atom. The molecular weight excluding hydrogens is 290 g/mol. The molecule has 0 spiro atoms. The molecule has 0 aliphatic carbocycles. The average molecular weight is 323 g/mol. The topological polar surface area (TPSA) is 81.4 Å². The molecule has 0 unspecified atom stereocenters. The van der Waals surface area contributed by atoms with Gasteiger partial charge in [0.15, 0.2) is 0 Å². The Hall–Kier alpha value is -0.280. The van der Waals surface area contributed by atoms with Gasteiger partial charge in [0.05, 0.1) is 39.6 Å². The largest absolute Gasteiger partial charge is 0.382 e. The van der Waals surface area contributed by atoms with Crippen LogP contribution in [0, 0.1) is 5.92 Å². The lowest BCUT2D eigenvalue weighted by molar-refractivity contribution is 0.0292. The zero-order valence-electron chi connectivity index (χ0n) is 14.1. The molecule has 0 amide bonds. The monoisotopic (exact) mass is 323 g/mol. The predicted octanol–water partition coefficient (Wildman–Crippen LogP) is 1.01. The normalized spacial score (nSPS) is 11.5. The summed E-state index contributed by atoms with van der Waals surface area (Å²) in [4.78, 5) is 4.47. The third kappa shape index (κ3) is 16.1. The van der Waals surface area contributed by atoms with Gasteiger partial charge in [-0.1, -0.05) is 0 Å². The second-order valence-corrected chi connectivity index (χ2v) is 4.93. The molecule has 0 fully saturated rings. The fourth-order valence-corrected chi connectivity index (χ4v) is 1.88. The summed E-state index contributed by atoms with van der Waals surface area (Å²) in [5, 5.41) is 0. The lowest BCUT2D eigenvalue weighted by Crippen LogP contribution is -2.15. The van der Waals surface area contributed by atoms with Gasteiger partial charge in [-0.25, -0.2) is 5.90 Å². The summed E-state index contributed by atoms with van der Waals surface area (Å²) in [6.45, 7) is 5.65. The number of ether oxygens (including phenoxy) is 5. The molecule has 0 aromatic carbocycles. The van der Waals surface area contributed by atoms with Crippen molar-refractivity contribution >= 4 is 0 Å². The van der Waals surface area contributed by atoms with E-state index in [1.54, 1.807) is 14.2 Å². The molecule has 134 valence electrons. The maximum Gasteiger partial charge on any atom is 0.0913 e. The number of hydrogen-bond donors (Lipinski definition) is 1. The number of nitrogens with two attached hydrogens (primary N) is 1. The van der Waals surface area contributed by atoms with Crippen LogP contribution in [-0.2, 0) is 28.5 Å². The highest BCUT2D eigenvalue weighted by Gasteiger charge is 2.09. The second kappa shape index (κ2) is 18.8. The molecule has 0 rings (SSSR count). The zero-order valence-corrected chi connectivity index (χ0v) is 14.1. The molecule has 0 heterocycles. The summed E-state index contributed by atoms with van der Waals surface area (Å²) < 4.78 is 26.4. The van der Waals surface area contributed by atoms with Gasteiger partial charge < -0.3 is 28.5 Å². The Morgan fingerprint density at radius 3 is 1.36 bits per heavy atom. The highest BCUT2D eigenvalue weighted by Crippen LogP contribution is 2.14. The van der Waals surface area contributed by atoms with Crippen LogP contribution in [0.3, 0.4) is 0 Å². The van der Waals surface area contributed by atoms with Gasteiger partial charge in [-0.05, 0) is 25.2 Å². The van der Waals surface area contributed by atoms with E-state index in [0.717, 1.165) is 32.5 Å². The molecular formula is C15H33NO6. The summed E-state index contributed by atoms with van der Waals surface area (Å²) in [5.74, 6) is 5.47. The number of methoxy groups -OCH3 is 2. The third-order valence-corrected chi connectivity index (χ3v) is 3.22. The lowest BCUT2D eigenvalue weighted by atomic mass is 9.99. The van der Waals surface area contributed by atoms with Gasteiger partial charge in [0.25, 0.3) is 0 Å². The van der Waals surface area contributed by atoms with Crippen molar-refractivity contribution in [1.82, 2.24) is 0 Å². The van der Waals surface area contributed by atoms with E-state index < -0.39 is 0 Å².